The van der Waals surface area contributed by atoms with Crippen molar-refractivity contribution in [3.63, 3.8) is 0 Å². The minimum absolute atomic E-state index is 0.0739. The van der Waals surface area contributed by atoms with Gasteiger partial charge in [-0.25, -0.2) is 0 Å². The van der Waals surface area contributed by atoms with Crippen molar-refractivity contribution in [3.05, 3.63) is 59.7 Å². The van der Waals surface area contributed by atoms with E-state index in [1.54, 1.807) is 24.3 Å². The monoisotopic (exact) mass is 540 g/mol. The van der Waals surface area contributed by atoms with Gasteiger partial charge in [-0.3, -0.25) is 4.79 Å². The van der Waals surface area contributed by atoms with Crippen LogP contribution in [0.2, 0.25) is 0 Å². The lowest BCUT2D eigenvalue weighted by molar-refractivity contribution is -0.311. The SMILES string of the molecule is COc1ccc(-c2[nH]c3cccc(OC)c3c2C(=O)c2cc(OC)c(OC)c(OC)c2)cc1NP(=O)([O-])[O-]. The van der Waals surface area contributed by atoms with Crippen LogP contribution in [0.3, 0.4) is 0 Å². The molecule has 0 saturated heterocycles. The number of ketones is 1. The van der Waals surface area contributed by atoms with E-state index in [4.69, 9.17) is 23.7 Å². The standard InChI is InChI=1S/C26H27N2O9P/c1-33-18-10-9-14(11-17(18)28-38(30,31)32)24-23(22-16(27-24)7-6-8-19(22)34-2)25(29)15-12-20(35-3)26(37-5)21(13-15)36-4/h6-13,27H,1-5H3,(H3,28,30,31,32)/p-2. The van der Waals surface area contributed by atoms with Crippen LogP contribution in [0.5, 0.6) is 28.7 Å². The summed E-state index contributed by atoms with van der Waals surface area (Å²) < 4.78 is 38.5. The number of ether oxygens (including phenoxy) is 5. The molecular weight excluding hydrogens is 515 g/mol. The Hall–Kier alpha value is -4.18. The molecule has 0 atom stereocenters. The third-order valence-electron chi connectivity index (χ3n) is 5.91. The van der Waals surface area contributed by atoms with Gasteiger partial charge in [0.1, 0.15) is 11.5 Å². The summed E-state index contributed by atoms with van der Waals surface area (Å²) >= 11 is 0. The van der Waals surface area contributed by atoms with Crippen LogP contribution in [0.4, 0.5) is 5.69 Å². The summed E-state index contributed by atoms with van der Waals surface area (Å²) in [6, 6.07) is 12.9. The number of H-pyrrole nitrogens is 1. The van der Waals surface area contributed by atoms with E-state index < -0.39 is 13.5 Å². The summed E-state index contributed by atoms with van der Waals surface area (Å²) in [5, 5.41) is 2.45. The van der Waals surface area contributed by atoms with Gasteiger partial charge in [0.15, 0.2) is 17.3 Å². The largest absolute Gasteiger partial charge is 0.795 e. The summed E-state index contributed by atoms with van der Waals surface area (Å²) in [6.45, 7) is 0. The normalized spacial score (nSPS) is 11.2. The number of methoxy groups -OCH3 is 5. The molecule has 0 saturated carbocycles. The van der Waals surface area contributed by atoms with Crippen LogP contribution >= 0.6 is 7.75 Å². The molecule has 12 heteroatoms. The van der Waals surface area contributed by atoms with E-state index in [1.165, 1.54) is 59.8 Å². The fraction of sp³-hybridized carbons (Fsp3) is 0.192. The molecule has 0 aliphatic heterocycles. The number of aromatic amines is 1. The van der Waals surface area contributed by atoms with Gasteiger partial charge in [-0.2, -0.15) is 0 Å². The molecule has 2 N–H and O–H groups in total. The first-order valence-electron chi connectivity index (χ1n) is 11.2. The number of hydrogen-bond donors (Lipinski definition) is 2. The van der Waals surface area contributed by atoms with Crippen molar-refractivity contribution in [2.75, 3.05) is 40.6 Å². The van der Waals surface area contributed by atoms with Crippen LogP contribution in [0, 0.1) is 0 Å². The van der Waals surface area contributed by atoms with Gasteiger partial charge < -0.3 is 48.1 Å². The highest BCUT2D eigenvalue weighted by molar-refractivity contribution is 7.50. The summed E-state index contributed by atoms with van der Waals surface area (Å²) in [5.41, 5.74) is 1.78. The topological polar surface area (TPSA) is 154 Å². The van der Waals surface area contributed by atoms with E-state index in [0.717, 1.165) is 0 Å². The highest BCUT2D eigenvalue weighted by Gasteiger charge is 2.26. The van der Waals surface area contributed by atoms with Gasteiger partial charge in [0.2, 0.25) is 5.75 Å². The molecular formula is C26H25N2O9P-2. The Morgan fingerprint density at radius 1 is 0.816 bits per heavy atom. The van der Waals surface area contributed by atoms with Gasteiger partial charge >= 0.3 is 0 Å². The van der Waals surface area contributed by atoms with E-state index in [2.05, 4.69) is 4.98 Å². The van der Waals surface area contributed by atoms with Gasteiger partial charge in [-0.05, 0) is 42.5 Å². The molecule has 0 bridgehead atoms. The summed E-state index contributed by atoms with van der Waals surface area (Å²) in [5.74, 6) is 1.08. The van der Waals surface area contributed by atoms with Gasteiger partial charge in [0, 0.05) is 18.9 Å². The van der Waals surface area contributed by atoms with Crippen LogP contribution in [0.1, 0.15) is 15.9 Å². The molecule has 4 rings (SSSR count). The number of aromatic nitrogens is 1. The number of fused-ring (bicyclic) bond motifs is 1. The highest BCUT2D eigenvalue weighted by atomic mass is 31.2. The molecule has 0 unspecified atom stereocenters. The predicted octanol–water partition coefficient (Wildman–Crippen LogP) is 3.35. The Morgan fingerprint density at radius 2 is 1.45 bits per heavy atom. The van der Waals surface area contributed by atoms with Crippen molar-refractivity contribution in [1.82, 2.24) is 4.98 Å². The molecule has 0 aliphatic carbocycles. The van der Waals surface area contributed by atoms with E-state index in [9.17, 15) is 19.1 Å². The molecule has 200 valence electrons. The minimum atomic E-state index is -5.15. The lowest BCUT2D eigenvalue weighted by Crippen LogP contribution is -2.20. The molecule has 0 radical (unpaired) electrons. The second kappa shape index (κ2) is 10.7. The fourth-order valence-electron chi connectivity index (χ4n) is 4.28. The summed E-state index contributed by atoms with van der Waals surface area (Å²) in [4.78, 5) is 40.3. The maximum atomic E-state index is 14.1. The molecule has 0 spiro atoms. The van der Waals surface area contributed by atoms with E-state index >= 15 is 0 Å². The second-order valence-electron chi connectivity index (χ2n) is 8.03. The highest BCUT2D eigenvalue weighted by Crippen LogP contribution is 2.43. The molecule has 4 aromatic rings. The average Bonchev–Trinajstić information content (AvgIpc) is 3.30. The first-order valence-corrected chi connectivity index (χ1v) is 12.7. The Labute approximate surface area is 218 Å². The zero-order valence-electron chi connectivity index (χ0n) is 21.2. The van der Waals surface area contributed by atoms with Crippen molar-refractivity contribution in [1.29, 1.82) is 0 Å². The predicted molar refractivity (Wildman–Crippen MR) is 138 cm³/mol. The Kier molecular flexibility index (Phi) is 7.54. The zero-order chi connectivity index (χ0) is 27.6. The first kappa shape index (κ1) is 26.9. The third-order valence-corrected chi connectivity index (χ3v) is 6.42. The maximum absolute atomic E-state index is 14.1. The van der Waals surface area contributed by atoms with Crippen molar-refractivity contribution in [2.24, 2.45) is 0 Å². The third kappa shape index (κ3) is 4.99. The smallest absolute Gasteiger partial charge is 0.203 e. The zero-order valence-corrected chi connectivity index (χ0v) is 22.1. The van der Waals surface area contributed by atoms with Crippen LogP contribution in [-0.4, -0.2) is 46.3 Å². The van der Waals surface area contributed by atoms with Crippen LogP contribution < -0.4 is 38.6 Å². The minimum Gasteiger partial charge on any atom is -0.795 e. The number of hydrogen-bond acceptors (Lipinski definition) is 9. The molecule has 3 aromatic carbocycles. The van der Waals surface area contributed by atoms with E-state index in [0.29, 0.717) is 45.2 Å². The van der Waals surface area contributed by atoms with Crippen LogP contribution in [0.25, 0.3) is 22.2 Å². The average molecular weight is 540 g/mol. The number of carbonyl (C=O) groups excluding carboxylic acids is 1. The number of benzene rings is 3. The Bertz CT molecular complexity index is 1530. The second-order valence-corrected chi connectivity index (χ2v) is 9.24. The Morgan fingerprint density at radius 3 is 2.00 bits per heavy atom. The van der Waals surface area contributed by atoms with Crippen molar-refractivity contribution in [3.8, 4) is 40.0 Å². The number of rotatable bonds is 10. The molecule has 0 fully saturated rings. The van der Waals surface area contributed by atoms with Gasteiger partial charge in [-0.1, -0.05) is 6.07 Å². The molecule has 38 heavy (non-hydrogen) atoms. The van der Waals surface area contributed by atoms with Crippen LogP contribution in [0.15, 0.2) is 48.5 Å². The quantitative estimate of drug-likeness (QED) is 0.226. The summed E-state index contributed by atoms with van der Waals surface area (Å²) in [6.07, 6.45) is 0. The van der Waals surface area contributed by atoms with Crippen molar-refractivity contribution >= 4 is 30.1 Å². The van der Waals surface area contributed by atoms with Crippen molar-refractivity contribution < 1.29 is 42.8 Å². The van der Waals surface area contributed by atoms with Gasteiger partial charge in [0.25, 0.3) is 0 Å². The molecule has 1 aromatic heterocycles. The lowest BCUT2D eigenvalue weighted by Gasteiger charge is -2.31. The van der Waals surface area contributed by atoms with Crippen LogP contribution in [-0.2, 0) is 4.57 Å². The first-order chi connectivity index (χ1) is 18.1. The van der Waals surface area contributed by atoms with Gasteiger partial charge in [-0.15, -0.1) is 0 Å². The maximum Gasteiger partial charge on any atom is 0.203 e. The number of anilines is 1. The molecule has 1 heterocycles. The summed E-state index contributed by atoms with van der Waals surface area (Å²) in [7, 11) is 2.03. The Balaban J connectivity index is 2.00. The molecule has 11 nitrogen and oxygen atoms in total. The lowest BCUT2D eigenvalue weighted by atomic mass is 9.96. The fourth-order valence-corrected chi connectivity index (χ4v) is 4.75. The molecule has 0 amide bonds. The number of carbonyl (C=O) groups is 1. The molecule has 0 aliphatic rings. The number of nitrogens with one attached hydrogen (secondary N) is 2. The van der Waals surface area contributed by atoms with E-state index in [-0.39, 0.29) is 22.6 Å². The van der Waals surface area contributed by atoms with Gasteiger partial charge in [0.05, 0.1) is 63.4 Å². The van der Waals surface area contributed by atoms with E-state index in [1.807, 2.05) is 5.09 Å². The van der Waals surface area contributed by atoms with Crippen molar-refractivity contribution in [2.45, 2.75) is 0 Å².